The molecule has 1 N–H and O–H groups in total. The highest BCUT2D eigenvalue weighted by molar-refractivity contribution is 4.91. The fourth-order valence-electron chi connectivity index (χ4n) is 2.14. The first-order chi connectivity index (χ1) is 8.08. The molecule has 1 rings (SSSR count). The van der Waals surface area contributed by atoms with E-state index >= 15 is 0 Å². The molecule has 0 aromatic carbocycles. The molecule has 0 spiro atoms. The maximum Gasteiger partial charge on any atom is 0.0852 e. The van der Waals surface area contributed by atoms with E-state index in [4.69, 9.17) is 14.2 Å². The maximum atomic E-state index is 10.0. The highest BCUT2D eigenvalue weighted by Gasteiger charge is 2.41. The molecular formula is C13H26O4. The zero-order chi connectivity index (χ0) is 12.7. The van der Waals surface area contributed by atoms with Crippen LogP contribution in [0, 0.1) is 5.41 Å². The second kappa shape index (κ2) is 7.31. The Balaban J connectivity index is 2.00. The number of ether oxygens (including phenoxy) is 3. The van der Waals surface area contributed by atoms with Gasteiger partial charge in [0.2, 0.25) is 0 Å². The summed E-state index contributed by atoms with van der Waals surface area (Å²) in [7, 11) is 1.66. The van der Waals surface area contributed by atoms with Crippen molar-refractivity contribution >= 4 is 0 Å². The van der Waals surface area contributed by atoms with Crippen molar-refractivity contribution in [3.05, 3.63) is 0 Å². The molecule has 102 valence electrons. The number of aliphatic hydroxyl groups is 1. The molecule has 17 heavy (non-hydrogen) atoms. The molecule has 0 amide bonds. The molecule has 2 unspecified atom stereocenters. The van der Waals surface area contributed by atoms with Gasteiger partial charge in [-0.05, 0) is 24.7 Å². The second-order valence-corrected chi connectivity index (χ2v) is 5.34. The van der Waals surface area contributed by atoms with Gasteiger partial charge in [-0.15, -0.1) is 0 Å². The van der Waals surface area contributed by atoms with Crippen LogP contribution in [0.25, 0.3) is 0 Å². The molecule has 0 aromatic heterocycles. The first-order valence-corrected chi connectivity index (χ1v) is 6.44. The van der Waals surface area contributed by atoms with Crippen LogP contribution < -0.4 is 0 Å². The lowest BCUT2D eigenvalue weighted by molar-refractivity contribution is -0.0546. The smallest absolute Gasteiger partial charge is 0.0852 e. The van der Waals surface area contributed by atoms with Gasteiger partial charge in [0.1, 0.15) is 0 Å². The third kappa shape index (κ3) is 4.92. The van der Waals surface area contributed by atoms with Gasteiger partial charge in [0.15, 0.2) is 0 Å². The third-order valence-corrected chi connectivity index (χ3v) is 3.42. The lowest BCUT2D eigenvalue weighted by atomic mass is 9.89. The van der Waals surface area contributed by atoms with E-state index in [2.05, 4.69) is 13.8 Å². The van der Waals surface area contributed by atoms with Crippen molar-refractivity contribution < 1.29 is 19.3 Å². The average Bonchev–Trinajstić information content (AvgIpc) is 2.54. The molecule has 0 radical (unpaired) electrons. The summed E-state index contributed by atoms with van der Waals surface area (Å²) in [4.78, 5) is 0. The Hall–Kier alpha value is -0.160. The molecule has 1 aliphatic carbocycles. The summed E-state index contributed by atoms with van der Waals surface area (Å²) >= 11 is 0. The van der Waals surface area contributed by atoms with Gasteiger partial charge < -0.3 is 19.3 Å². The molecule has 2 atom stereocenters. The molecule has 1 fully saturated rings. The molecule has 1 saturated carbocycles. The third-order valence-electron chi connectivity index (χ3n) is 3.42. The second-order valence-electron chi connectivity index (χ2n) is 5.34. The fraction of sp³-hybridized carbons (Fsp3) is 1.00. The van der Waals surface area contributed by atoms with Crippen molar-refractivity contribution in [1.29, 1.82) is 0 Å². The highest BCUT2D eigenvalue weighted by Crippen LogP contribution is 2.38. The van der Waals surface area contributed by atoms with Crippen molar-refractivity contribution in [1.82, 2.24) is 0 Å². The summed E-state index contributed by atoms with van der Waals surface area (Å²) in [6.07, 6.45) is 2.52. The van der Waals surface area contributed by atoms with Crippen LogP contribution >= 0.6 is 0 Å². The van der Waals surface area contributed by atoms with Gasteiger partial charge in [0, 0.05) is 20.3 Å². The predicted octanol–water partition coefficient (Wildman–Crippen LogP) is 1.61. The monoisotopic (exact) mass is 246 g/mol. The molecule has 0 aromatic rings. The van der Waals surface area contributed by atoms with Crippen molar-refractivity contribution in [2.24, 2.45) is 5.41 Å². The van der Waals surface area contributed by atoms with E-state index < -0.39 is 0 Å². The zero-order valence-electron chi connectivity index (χ0n) is 11.3. The van der Waals surface area contributed by atoms with Gasteiger partial charge in [-0.2, -0.15) is 0 Å². The Morgan fingerprint density at radius 3 is 2.53 bits per heavy atom. The molecule has 0 aliphatic heterocycles. The van der Waals surface area contributed by atoms with Gasteiger partial charge in [-0.25, -0.2) is 0 Å². The van der Waals surface area contributed by atoms with Crippen LogP contribution in [0.3, 0.4) is 0 Å². The number of hydrogen-bond acceptors (Lipinski definition) is 4. The predicted molar refractivity (Wildman–Crippen MR) is 66.1 cm³/mol. The van der Waals surface area contributed by atoms with Gasteiger partial charge in [-0.3, -0.25) is 0 Å². The Kier molecular flexibility index (Phi) is 6.41. The van der Waals surface area contributed by atoms with Crippen LogP contribution in [0.4, 0.5) is 0 Å². The minimum absolute atomic E-state index is 0.000366. The summed E-state index contributed by atoms with van der Waals surface area (Å²) < 4.78 is 15.9. The Morgan fingerprint density at radius 2 is 1.94 bits per heavy atom. The van der Waals surface area contributed by atoms with Crippen LogP contribution in [0.2, 0.25) is 0 Å². The van der Waals surface area contributed by atoms with Crippen molar-refractivity contribution in [2.45, 2.75) is 45.3 Å². The van der Waals surface area contributed by atoms with E-state index in [0.717, 1.165) is 19.3 Å². The van der Waals surface area contributed by atoms with Crippen LogP contribution in [0.5, 0.6) is 0 Å². The average molecular weight is 246 g/mol. The Labute approximate surface area is 104 Å². The van der Waals surface area contributed by atoms with E-state index in [9.17, 15) is 5.11 Å². The molecule has 0 heterocycles. The minimum atomic E-state index is -0.336. The van der Waals surface area contributed by atoms with Crippen molar-refractivity contribution in [3.63, 3.8) is 0 Å². The number of methoxy groups -OCH3 is 1. The quantitative estimate of drug-likeness (QED) is 0.661. The SMILES string of the molecule is COCCOCCCOC1CCC(C)(C)C1O. The summed E-state index contributed by atoms with van der Waals surface area (Å²) in [5.74, 6) is 0. The lowest BCUT2D eigenvalue weighted by Crippen LogP contribution is -2.33. The first kappa shape index (κ1) is 14.9. The lowest BCUT2D eigenvalue weighted by Gasteiger charge is -2.25. The van der Waals surface area contributed by atoms with Gasteiger partial charge >= 0.3 is 0 Å². The van der Waals surface area contributed by atoms with E-state index in [1.807, 2.05) is 0 Å². The Morgan fingerprint density at radius 1 is 1.18 bits per heavy atom. The summed E-state index contributed by atoms with van der Waals surface area (Å²) in [6, 6.07) is 0. The molecule has 0 saturated heterocycles. The van der Waals surface area contributed by atoms with E-state index in [-0.39, 0.29) is 17.6 Å². The van der Waals surface area contributed by atoms with E-state index in [1.54, 1.807) is 7.11 Å². The molecular weight excluding hydrogens is 220 g/mol. The van der Waals surface area contributed by atoms with Gasteiger partial charge in [0.25, 0.3) is 0 Å². The number of aliphatic hydroxyl groups excluding tert-OH is 1. The van der Waals surface area contributed by atoms with Gasteiger partial charge in [-0.1, -0.05) is 13.8 Å². The van der Waals surface area contributed by atoms with E-state index in [1.165, 1.54) is 0 Å². The highest BCUT2D eigenvalue weighted by atomic mass is 16.5. The summed E-state index contributed by atoms with van der Waals surface area (Å²) in [5.41, 5.74) is -0.000366. The summed E-state index contributed by atoms with van der Waals surface area (Å²) in [6.45, 7) is 6.80. The minimum Gasteiger partial charge on any atom is -0.390 e. The summed E-state index contributed by atoms with van der Waals surface area (Å²) in [5, 5.41) is 10.0. The normalized spacial score (nSPS) is 27.5. The van der Waals surface area contributed by atoms with Crippen LogP contribution in [0.1, 0.15) is 33.1 Å². The van der Waals surface area contributed by atoms with Crippen molar-refractivity contribution in [3.8, 4) is 0 Å². The zero-order valence-corrected chi connectivity index (χ0v) is 11.3. The Bertz CT molecular complexity index is 206. The molecule has 0 bridgehead atoms. The topological polar surface area (TPSA) is 47.9 Å². The standard InChI is InChI=1S/C13H26O4/c1-13(2)6-5-11(12(13)14)17-8-4-7-16-10-9-15-3/h11-12,14H,4-10H2,1-3H3. The number of rotatable bonds is 8. The van der Waals surface area contributed by atoms with Gasteiger partial charge in [0.05, 0.1) is 25.4 Å². The fourth-order valence-corrected chi connectivity index (χ4v) is 2.14. The van der Waals surface area contributed by atoms with E-state index in [0.29, 0.717) is 26.4 Å². The first-order valence-electron chi connectivity index (χ1n) is 6.44. The van der Waals surface area contributed by atoms with Crippen LogP contribution in [-0.4, -0.2) is 50.9 Å². The molecule has 1 aliphatic rings. The van der Waals surface area contributed by atoms with Crippen LogP contribution in [0.15, 0.2) is 0 Å². The molecule has 4 heteroatoms. The van der Waals surface area contributed by atoms with Crippen molar-refractivity contribution in [2.75, 3.05) is 33.5 Å². The largest absolute Gasteiger partial charge is 0.390 e. The van der Waals surface area contributed by atoms with Crippen LogP contribution in [-0.2, 0) is 14.2 Å². The molecule has 4 nitrogen and oxygen atoms in total. The number of hydrogen-bond donors (Lipinski definition) is 1. The maximum absolute atomic E-state index is 10.0.